The highest BCUT2D eigenvalue weighted by molar-refractivity contribution is 7.89. The molecule has 7 heteroatoms. The Bertz CT molecular complexity index is 565. The first-order chi connectivity index (χ1) is 9.16. The van der Waals surface area contributed by atoms with Crippen LogP contribution in [0.2, 0.25) is 0 Å². The van der Waals surface area contributed by atoms with Crippen LogP contribution in [0.25, 0.3) is 0 Å². The molecule has 1 aromatic carbocycles. The van der Waals surface area contributed by atoms with E-state index in [-0.39, 0.29) is 17.3 Å². The largest absolute Gasteiger partial charge is 0.355 e. The summed E-state index contributed by atoms with van der Waals surface area (Å²) in [4.78, 5) is 11.9. The number of sulfonamides is 1. The first kappa shape index (κ1) is 16.6. The normalized spacial score (nSPS) is 12.2. The Morgan fingerprint density at radius 1 is 1.25 bits per heavy atom. The van der Waals surface area contributed by atoms with Crippen molar-refractivity contribution < 1.29 is 13.2 Å². The quantitative estimate of drug-likeness (QED) is 0.684. The molecule has 1 amide bonds. The van der Waals surface area contributed by atoms with Crippen molar-refractivity contribution in [3.8, 4) is 0 Å². The highest BCUT2D eigenvalue weighted by atomic mass is 32.2. The Kier molecular flexibility index (Phi) is 5.27. The monoisotopic (exact) mass is 299 g/mol. The Morgan fingerprint density at radius 2 is 1.80 bits per heavy atom. The molecule has 0 fully saturated rings. The van der Waals surface area contributed by atoms with Crippen molar-refractivity contribution in [1.29, 1.82) is 0 Å². The van der Waals surface area contributed by atoms with E-state index in [2.05, 4.69) is 5.32 Å². The van der Waals surface area contributed by atoms with Crippen molar-refractivity contribution in [3.05, 3.63) is 29.8 Å². The van der Waals surface area contributed by atoms with E-state index in [0.717, 1.165) is 5.56 Å². The van der Waals surface area contributed by atoms with Crippen molar-refractivity contribution in [3.63, 3.8) is 0 Å². The van der Waals surface area contributed by atoms with Crippen molar-refractivity contribution in [2.45, 2.75) is 25.2 Å². The lowest BCUT2D eigenvalue weighted by Gasteiger charge is -2.21. The summed E-state index contributed by atoms with van der Waals surface area (Å²) in [5.41, 5.74) is 5.85. The summed E-state index contributed by atoms with van der Waals surface area (Å²) >= 11 is 0. The molecule has 1 rings (SSSR count). The van der Waals surface area contributed by atoms with Gasteiger partial charge in [-0.15, -0.1) is 0 Å². The number of primary sulfonamides is 1. The predicted octanol–water partition coefficient (Wildman–Crippen LogP) is -0.0224. The average molecular weight is 299 g/mol. The summed E-state index contributed by atoms with van der Waals surface area (Å²) in [6.07, 6.45) is 0.608. The summed E-state index contributed by atoms with van der Waals surface area (Å²) < 4.78 is 22.2. The van der Waals surface area contributed by atoms with Gasteiger partial charge in [-0.1, -0.05) is 12.1 Å². The Labute approximate surface area is 119 Å². The second kappa shape index (κ2) is 6.34. The third kappa shape index (κ3) is 4.59. The Morgan fingerprint density at radius 3 is 2.25 bits per heavy atom. The minimum absolute atomic E-state index is 0.0783. The summed E-state index contributed by atoms with van der Waals surface area (Å²) in [5.74, 6) is -0.0962. The molecule has 0 heterocycles. The fourth-order valence-corrected chi connectivity index (χ4v) is 2.01. The number of carbonyl (C=O) groups is 1. The molecule has 0 saturated carbocycles. The molecule has 0 saturated heterocycles. The zero-order valence-electron chi connectivity index (χ0n) is 11.7. The lowest BCUT2D eigenvalue weighted by molar-refractivity contribution is -0.128. The number of benzene rings is 1. The molecule has 6 nitrogen and oxygen atoms in total. The number of amides is 1. The smallest absolute Gasteiger partial charge is 0.238 e. The molecule has 112 valence electrons. The molecule has 0 aliphatic heterocycles. The maximum absolute atomic E-state index is 11.8. The van der Waals surface area contributed by atoms with E-state index >= 15 is 0 Å². The van der Waals surface area contributed by atoms with Crippen LogP contribution in [-0.4, -0.2) is 27.4 Å². The van der Waals surface area contributed by atoms with E-state index in [4.69, 9.17) is 10.9 Å². The molecule has 0 spiro atoms. The van der Waals surface area contributed by atoms with Gasteiger partial charge in [0.1, 0.15) is 0 Å². The van der Waals surface area contributed by atoms with Crippen LogP contribution in [0.1, 0.15) is 19.4 Å². The Hall–Kier alpha value is -1.44. The van der Waals surface area contributed by atoms with Gasteiger partial charge >= 0.3 is 0 Å². The molecule has 1 aromatic rings. The minimum Gasteiger partial charge on any atom is -0.355 e. The number of hydrogen-bond donors (Lipinski definition) is 3. The number of hydrogen-bond acceptors (Lipinski definition) is 4. The average Bonchev–Trinajstić information content (AvgIpc) is 2.38. The highest BCUT2D eigenvalue weighted by Crippen LogP contribution is 2.12. The maximum Gasteiger partial charge on any atom is 0.238 e. The third-order valence-corrected chi connectivity index (χ3v) is 4.01. The van der Waals surface area contributed by atoms with Gasteiger partial charge in [0.05, 0.1) is 10.3 Å². The van der Waals surface area contributed by atoms with E-state index in [9.17, 15) is 13.2 Å². The molecular weight excluding hydrogens is 278 g/mol. The van der Waals surface area contributed by atoms with Crippen molar-refractivity contribution in [1.82, 2.24) is 5.32 Å². The van der Waals surface area contributed by atoms with E-state index in [1.54, 1.807) is 26.0 Å². The van der Waals surface area contributed by atoms with Crippen molar-refractivity contribution in [2.75, 3.05) is 13.1 Å². The zero-order chi connectivity index (χ0) is 15.4. The summed E-state index contributed by atoms with van der Waals surface area (Å²) in [5, 5.41) is 7.82. The Balaban J connectivity index is 2.54. The lowest BCUT2D eigenvalue weighted by atomic mass is 9.92. The molecule has 0 aliphatic carbocycles. The summed E-state index contributed by atoms with van der Waals surface area (Å²) in [7, 11) is -3.66. The van der Waals surface area contributed by atoms with Gasteiger partial charge in [0.25, 0.3) is 0 Å². The van der Waals surface area contributed by atoms with Gasteiger partial charge in [-0.2, -0.15) is 0 Å². The SMILES string of the molecule is CC(C)(CN)C(=O)NCCc1ccc(S(N)(=O)=O)cc1. The van der Waals surface area contributed by atoms with E-state index in [1.807, 2.05) is 0 Å². The van der Waals surface area contributed by atoms with Crippen LogP contribution in [0.5, 0.6) is 0 Å². The molecular formula is C13H21N3O3S. The lowest BCUT2D eigenvalue weighted by Crippen LogP contribution is -2.42. The topological polar surface area (TPSA) is 115 Å². The van der Waals surface area contributed by atoms with Crippen molar-refractivity contribution >= 4 is 15.9 Å². The maximum atomic E-state index is 11.8. The third-order valence-electron chi connectivity index (χ3n) is 3.08. The van der Waals surface area contributed by atoms with Gasteiger partial charge in [-0.25, -0.2) is 13.6 Å². The van der Waals surface area contributed by atoms with Crippen LogP contribution in [0.4, 0.5) is 0 Å². The molecule has 0 atom stereocenters. The van der Waals surface area contributed by atoms with Crippen LogP contribution >= 0.6 is 0 Å². The van der Waals surface area contributed by atoms with Crippen LogP contribution in [-0.2, 0) is 21.2 Å². The standard InChI is InChI=1S/C13H21N3O3S/c1-13(2,9-14)12(17)16-8-7-10-3-5-11(6-4-10)20(15,18)19/h3-6H,7-9,14H2,1-2H3,(H,16,17)(H2,15,18,19). The number of rotatable bonds is 6. The van der Waals surface area contributed by atoms with Gasteiger partial charge < -0.3 is 11.1 Å². The molecule has 0 aliphatic rings. The van der Waals surface area contributed by atoms with Gasteiger partial charge in [-0.3, -0.25) is 4.79 Å². The first-order valence-corrected chi connectivity index (χ1v) is 7.81. The molecule has 0 radical (unpaired) electrons. The van der Waals surface area contributed by atoms with E-state index < -0.39 is 15.4 Å². The summed E-state index contributed by atoms with van der Waals surface area (Å²) in [6.45, 7) is 4.31. The highest BCUT2D eigenvalue weighted by Gasteiger charge is 2.24. The van der Waals surface area contributed by atoms with Gasteiger partial charge in [0, 0.05) is 13.1 Å². The van der Waals surface area contributed by atoms with E-state index in [0.29, 0.717) is 13.0 Å². The van der Waals surface area contributed by atoms with Gasteiger partial charge in [-0.05, 0) is 38.0 Å². The van der Waals surface area contributed by atoms with Gasteiger partial charge in [0.2, 0.25) is 15.9 Å². The van der Waals surface area contributed by atoms with Crippen LogP contribution in [0.3, 0.4) is 0 Å². The van der Waals surface area contributed by atoms with Crippen LogP contribution < -0.4 is 16.2 Å². The summed E-state index contributed by atoms with van der Waals surface area (Å²) in [6, 6.07) is 6.27. The molecule has 0 aromatic heterocycles. The second-order valence-electron chi connectivity index (χ2n) is 5.28. The van der Waals surface area contributed by atoms with Crippen LogP contribution in [0, 0.1) is 5.41 Å². The first-order valence-electron chi connectivity index (χ1n) is 6.27. The fourth-order valence-electron chi connectivity index (χ4n) is 1.50. The number of nitrogens with one attached hydrogen (secondary N) is 1. The fraction of sp³-hybridized carbons (Fsp3) is 0.462. The second-order valence-corrected chi connectivity index (χ2v) is 6.84. The molecule has 0 bridgehead atoms. The minimum atomic E-state index is -3.66. The molecule has 20 heavy (non-hydrogen) atoms. The molecule has 0 unspecified atom stereocenters. The predicted molar refractivity (Wildman–Crippen MR) is 77.4 cm³/mol. The number of nitrogens with two attached hydrogens (primary N) is 2. The zero-order valence-corrected chi connectivity index (χ0v) is 12.5. The van der Waals surface area contributed by atoms with Gasteiger partial charge in [0.15, 0.2) is 0 Å². The van der Waals surface area contributed by atoms with Crippen LogP contribution in [0.15, 0.2) is 29.2 Å². The number of carbonyl (C=O) groups excluding carboxylic acids is 1. The van der Waals surface area contributed by atoms with Crippen molar-refractivity contribution in [2.24, 2.45) is 16.3 Å². The molecule has 5 N–H and O–H groups in total. The van der Waals surface area contributed by atoms with E-state index in [1.165, 1.54) is 12.1 Å².